The minimum Gasteiger partial charge on any atom is -0.329 e. The number of nitrogens with zero attached hydrogens (tertiary/aromatic N) is 1. The lowest BCUT2D eigenvalue weighted by Crippen LogP contribution is -2.58. The van der Waals surface area contributed by atoms with Crippen LogP contribution >= 0.6 is 11.8 Å². The summed E-state index contributed by atoms with van der Waals surface area (Å²) >= 11 is 2.14. The van der Waals surface area contributed by atoms with Gasteiger partial charge in [0.05, 0.1) is 0 Å². The van der Waals surface area contributed by atoms with E-state index in [-0.39, 0.29) is 5.54 Å². The lowest BCUT2D eigenvalue weighted by Gasteiger charge is -2.51. The Bertz CT molecular complexity index is 314. The molecule has 2 N–H and O–H groups in total. The van der Waals surface area contributed by atoms with Gasteiger partial charge in [0, 0.05) is 35.7 Å². The van der Waals surface area contributed by atoms with Gasteiger partial charge in [-0.1, -0.05) is 34.1 Å². The van der Waals surface area contributed by atoms with Gasteiger partial charge < -0.3 is 5.73 Å². The smallest absolute Gasteiger partial charge is 0.0337 e. The topological polar surface area (TPSA) is 29.3 Å². The molecule has 1 saturated carbocycles. The normalized spacial score (nSPS) is 35.8. The van der Waals surface area contributed by atoms with Gasteiger partial charge in [0.1, 0.15) is 0 Å². The first-order valence-corrected chi connectivity index (χ1v) is 8.86. The number of hydrogen-bond donors (Lipinski definition) is 1. The van der Waals surface area contributed by atoms with E-state index >= 15 is 0 Å². The summed E-state index contributed by atoms with van der Waals surface area (Å²) in [7, 11) is 0. The Morgan fingerprint density at radius 3 is 2.42 bits per heavy atom. The second-order valence-electron chi connectivity index (χ2n) is 7.97. The zero-order chi connectivity index (χ0) is 14.1. The summed E-state index contributed by atoms with van der Waals surface area (Å²) in [5, 5.41) is 0. The van der Waals surface area contributed by atoms with E-state index in [1.54, 1.807) is 0 Å². The van der Waals surface area contributed by atoms with Crippen LogP contribution in [-0.2, 0) is 0 Å². The van der Waals surface area contributed by atoms with Crippen LogP contribution in [0.25, 0.3) is 0 Å². The van der Waals surface area contributed by atoms with Gasteiger partial charge in [-0.3, -0.25) is 4.90 Å². The Labute approximate surface area is 123 Å². The van der Waals surface area contributed by atoms with Crippen LogP contribution in [0.15, 0.2) is 0 Å². The third-order valence-corrected chi connectivity index (χ3v) is 6.56. The van der Waals surface area contributed by atoms with Crippen molar-refractivity contribution in [2.75, 3.05) is 25.4 Å². The molecule has 112 valence electrons. The molecule has 1 aliphatic heterocycles. The van der Waals surface area contributed by atoms with Gasteiger partial charge in [0.25, 0.3) is 0 Å². The fourth-order valence-corrected chi connectivity index (χ4v) is 5.13. The Balaban J connectivity index is 2.12. The van der Waals surface area contributed by atoms with Gasteiger partial charge in [0.2, 0.25) is 0 Å². The highest BCUT2D eigenvalue weighted by Gasteiger charge is 2.44. The number of hydrogen-bond acceptors (Lipinski definition) is 3. The monoisotopic (exact) mass is 284 g/mol. The molecule has 0 amide bonds. The van der Waals surface area contributed by atoms with Gasteiger partial charge >= 0.3 is 0 Å². The minimum absolute atomic E-state index is 0.280. The molecule has 0 radical (unpaired) electrons. The maximum Gasteiger partial charge on any atom is 0.0337 e. The highest BCUT2D eigenvalue weighted by atomic mass is 32.2. The molecule has 1 heterocycles. The van der Waals surface area contributed by atoms with E-state index < -0.39 is 0 Å². The third kappa shape index (κ3) is 3.68. The van der Waals surface area contributed by atoms with Crippen molar-refractivity contribution in [1.29, 1.82) is 0 Å². The number of rotatable bonds is 2. The summed E-state index contributed by atoms with van der Waals surface area (Å²) in [5.41, 5.74) is 7.01. The van der Waals surface area contributed by atoms with Crippen molar-refractivity contribution in [1.82, 2.24) is 4.90 Å². The Morgan fingerprint density at radius 2 is 1.79 bits per heavy atom. The molecule has 1 atom stereocenters. The molecule has 2 aliphatic rings. The Hall–Kier alpha value is 0.270. The van der Waals surface area contributed by atoms with E-state index in [2.05, 4.69) is 44.4 Å². The second kappa shape index (κ2) is 5.57. The first kappa shape index (κ1) is 15.7. The van der Waals surface area contributed by atoms with E-state index in [0.29, 0.717) is 10.2 Å². The van der Waals surface area contributed by atoms with E-state index in [9.17, 15) is 0 Å². The average molecular weight is 285 g/mol. The first-order chi connectivity index (χ1) is 8.79. The molecule has 0 aromatic heterocycles. The van der Waals surface area contributed by atoms with E-state index in [4.69, 9.17) is 5.73 Å². The molecule has 0 spiro atoms. The molecular formula is C16H32N2S. The molecular weight excluding hydrogens is 252 g/mol. The molecule has 19 heavy (non-hydrogen) atoms. The van der Waals surface area contributed by atoms with Crippen molar-refractivity contribution >= 4 is 11.8 Å². The van der Waals surface area contributed by atoms with E-state index in [1.807, 2.05) is 0 Å². The molecule has 2 fully saturated rings. The molecule has 1 aliphatic carbocycles. The van der Waals surface area contributed by atoms with Crippen molar-refractivity contribution in [2.45, 2.75) is 70.1 Å². The SMILES string of the molecule is CC1(C)CCCC(CN)(N2CCSC(C)(C)CC2)C1. The molecule has 2 rings (SSSR count). The fourth-order valence-electron chi connectivity index (χ4n) is 4.03. The van der Waals surface area contributed by atoms with Crippen LogP contribution in [0, 0.1) is 5.41 Å². The van der Waals surface area contributed by atoms with Crippen LogP contribution < -0.4 is 5.73 Å². The van der Waals surface area contributed by atoms with Crippen molar-refractivity contribution < 1.29 is 0 Å². The van der Waals surface area contributed by atoms with E-state index in [1.165, 1.54) is 50.9 Å². The molecule has 0 aromatic carbocycles. The first-order valence-electron chi connectivity index (χ1n) is 7.88. The molecule has 2 nitrogen and oxygen atoms in total. The van der Waals surface area contributed by atoms with Gasteiger partial charge in [-0.2, -0.15) is 11.8 Å². The van der Waals surface area contributed by atoms with Crippen LogP contribution in [0.1, 0.15) is 59.8 Å². The van der Waals surface area contributed by atoms with Crippen molar-refractivity contribution in [3.05, 3.63) is 0 Å². The van der Waals surface area contributed by atoms with Crippen molar-refractivity contribution in [3.8, 4) is 0 Å². The lowest BCUT2D eigenvalue weighted by atomic mass is 9.67. The Morgan fingerprint density at radius 1 is 1.05 bits per heavy atom. The zero-order valence-corrected chi connectivity index (χ0v) is 14.1. The summed E-state index contributed by atoms with van der Waals surface area (Å²) < 4.78 is 0.439. The summed E-state index contributed by atoms with van der Waals surface area (Å²) in [4.78, 5) is 2.75. The minimum atomic E-state index is 0.280. The standard InChI is InChI=1S/C16H32N2S/c1-14(2)6-5-7-16(12-14,13-17)18-9-8-15(3,4)19-11-10-18/h5-13,17H2,1-4H3. The maximum absolute atomic E-state index is 6.26. The summed E-state index contributed by atoms with van der Waals surface area (Å²) in [5.74, 6) is 1.26. The van der Waals surface area contributed by atoms with Crippen molar-refractivity contribution in [3.63, 3.8) is 0 Å². The summed E-state index contributed by atoms with van der Waals surface area (Å²) in [6.45, 7) is 12.9. The second-order valence-corrected chi connectivity index (χ2v) is 9.77. The zero-order valence-electron chi connectivity index (χ0n) is 13.3. The fraction of sp³-hybridized carbons (Fsp3) is 1.00. The van der Waals surface area contributed by atoms with Gasteiger partial charge in [-0.05, 0) is 31.1 Å². The maximum atomic E-state index is 6.26. The molecule has 0 bridgehead atoms. The average Bonchev–Trinajstić information content (AvgIpc) is 2.49. The molecule has 0 aromatic rings. The molecule has 1 saturated heterocycles. The summed E-state index contributed by atoms with van der Waals surface area (Å²) in [6.07, 6.45) is 6.58. The number of nitrogens with two attached hydrogens (primary N) is 1. The van der Waals surface area contributed by atoms with Crippen LogP contribution in [0.4, 0.5) is 0 Å². The lowest BCUT2D eigenvalue weighted by molar-refractivity contribution is 0.0133. The highest BCUT2D eigenvalue weighted by Crippen LogP contribution is 2.45. The predicted molar refractivity (Wildman–Crippen MR) is 86.8 cm³/mol. The quantitative estimate of drug-likeness (QED) is 0.841. The third-order valence-electron chi connectivity index (χ3n) is 5.19. The van der Waals surface area contributed by atoms with Crippen LogP contribution in [0.5, 0.6) is 0 Å². The Kier molecular flexibility index (Phi) is 4.59. The van der Waals surface area contributed by atoms with Crippen LogP contribution in [-0.4, -0.2) is 40.6 Å². The molecule has 3 heteroatoms. The van der Waals surface area contributed by atoms with Crippen LogP contribution in [0.3, 0.4) is 0 Å². The number of thioether (sulfide) groups is 1. The van der Waals surface area contributed by atoms with E-state index in [0.717, 1.165) is 6.54 Å². The van der Waals surface area contributed by atoms with Gasteiger partial charge in [-0.15, -0.1) is 0 Å². The van der Waals surface area contributed by atoms with Crippen molar-refractivity contribution in [2.24, 2.45) is 11.1 Å². The largest absolute Gasteiger partial charge is 0.329 e. The van der Waals surface area contributed by atoms with Gasteiger partial charge in [-0.25, -0.2) is 0 Å². The summed E-state index contributed by atoms with van der Waals surface area (Å²) in [6, 6.07) is 0. The molecule has 1 unspecified atom stereocenters. The highest BCUT2D eigenvalue weighted by molar-refractivity contribution is 8.00. The van der Waals surface area contributed by atoms with Crippen LogP contribution in [0.2, 0.25) is 0 Å². The van der Waals surface area contributed by atoms with Gasteiger partial charge in [0.15, 0.2) is 0 Å². The predicted octanol–water partition coefficient (Wildman–Crippen LogP) is 3.50.